The summed E-state index contributed by atoms with van der Waals surface area (Å²) in [6, 6.07) is 0. The summed E-state index contributed by atoms with van der Waals surface area (Å²) in [7, 11) is 0. The molecule has 0 aromatic carbocycles. The predicted octanol–water partition coefficient (Wildman–Crippen LogP) is 2.68. The van der Waals surface area contributed by atoms with Gasteiger partial charge < -0.3 is 5.11 Å². The van der Waals surface area contributed by atoms with Crippen LogP contribution in [0.4, 0.5) is 0 Å². The van der Waals surface area contributed by atoms with Crippen LogP contribution in [0.2, 0.25) is 0 Å². The van der Waals surface area contributed by atoms with Gasteiger partial charge in [-0.3, -0.25) is 14.4 Å². The molecule has 0 fully saturated rings. The number of ketones is 2. The Morgan fingerprint density at radius 2 is 1.84 bits per heavy atom. The zero-order chi connectivity index (χ0) is 14.6. The molecule has 1 N–H and O–H groups in total. The lowest BCUT2D eigenvalue weighted by atomic mass is 9.87. The summed E-state index contributed by atoms with van der Waals surface area (Å²) in [5, 5.41) is 8.60. The second-order valence-electron chi connectivity index (χ2n) is 5.19. The molecule has 4 nitrogen and oxygen atoms in total. The maximum Gasteiger partial charge on any atom is 0.303 e. The zero-order valence-corrected chi connectivity index (χ0v) is 11.7. The van der Waals surface area contributed by atoms with Gasteiger partial charge in [-0.25, -0.2) is 0 Å². The van der Waals surface area contributed by atoms with E-state index in [-0.39, 0.29) is 23.9 Å². The summed E-state index contributed by atoms with van der Waals surface area (Å²) in [5.74, 6) is -0.718. The van der Waals surface area contributed by atoms with Crippen LogP contribution in [-0.2, 0) is 14.4 Å². The average Bonchev–Trinajstić information content (AvgIpc) is 2.36. The predicted molar refractivity (Wildman–Crippen MR) is 71.7 cm³/mol. The van der Waals surface area contributed by atoms with Crippen LogP contribution >= 0.6 is 0 Å². The number of carboxylic acid groups (broad SMARTS) is 1. The van der Waals surface area contributed by atoms with Crippen molar-refractivity contribution < 1.29 is 19.5 Å². The minimum atomic E-state index is -0.801. The number of allylic oxidation sites excluding steroid dienone is 4. The number of hydrogen-bond acceptors (Lipinski definition) is 3. The topological polar surface area (TPSA) is 71.4 Å². The molecule has 0 saturated heterocycles. The van der Waals surface area contributed by atoms with Gasteiger partial charge in [0.1, 0.15) is 0 Å². The van der Waals surface area contributed by atoms with Gasteiger partial charge in [-0.15, -0.1) is 0 Å². The van der Waals surface area contributed by atoms with Crippen molar-refractivity contribution in [2.45, 2.75) is 46.5 Å². The first-order valence-electron chi connectivity index (χ1n) is 6.51. The number of carbonyl (C=O) groups excluding carboxylic acids is 2. The van der Waals surface area contributed by atoms with Crippen molar-refractivity contribution in [2.24, 2.45) is 5.92 Å². The van der Waals surface area contributed by atoms with E-state index in [9.17, 15) is 14.4 Å². The van der Waals surface area contributed by atoms with E-state index >= 15 is 0 Å². The molecule has 1 atom stereocenters. The molecule has 104 valence electrons. The van der Waals surface area contributed by atoms with Crippen molar-refractivity contribution in [3.8, 4) is 0 Å². The number of carboxylic acids is 1. The summed E-state index contributed by atoms with van der Waals surface area (Å²) in [6.45, 7) is 5.31. The number of Topliss-reactive ketones (excluding diaryl/α,β-unsaturated/α-hetero) is 1. The molecule has 1 rings (SSSR count). The molecule has 0 heterocycles. The van der Waals surface area contributed by atoms with E-state index < -0.39 is 5.97 Å². The van der Waals surface area contributed by atoms with Gasteiger partial charge in [0.05, 0.1) is 0 Å². The Balaban J connectivity index is 2.55. The van der Waals surface area contributed by atoms with E-state index in [1.807, 2.05) is 6.92 Å². The van der Waals surface area contributed by atoms with Crippen LogP contribution in [0.1, 0.15) is 46.5 Å². The Labute approximate surface area is 113 Å². The normalized spacial score (nSPS) is 17.5. The molecule has 0 saturated carbocycles. The van der Waals surface area contributed by atoms with Gasteiger partial charge in [0.25, 0.3) is 0 Å². The highest BCUT2D eigenvalue weighted by atomic mass is 16.4. The quantitative estimate of drug-likeness (QED) is 0.749. The third-order valence-electron chi connectivity index (χ3n) is 3.63. The SMILES string of the molecule is CC1=C(C)C(=O)C(CC[C@@H](C)CCC(=O)O)=CC1=O. The van der Waals surface area contributed by atoms with E-state index in [0.29, 0.717) is 29.6 Å². The number of carbonyl (C=O) groups is 3. The van der Waals surface area contributed by atoms with E-state index in [2.05, 4.69) is 0 Å². The van der Waals surface area contributed by atoms with E-state index in [1.165, 1.54) is 6.08 Å². The summed E-state index contributed by atoms with van der Waals surface area (Å²) in [6.07, 6.45) is 3.43. The van der Waals surface area contributed by atoms with Gasteiger partial charge in [0, 0.05) is 23.1 Å². The van der Waals surface area contributed by atoms with Gasteiger partial charge >= 0.3 is 5.97 Å². The number of rotatable bonds is 6. The first-order chi connectivity index (χ1) is 8.82. The maximum absolute atomic E-state index is 12.0. The smallest absolute Gasteiger partial charge is 0.303 e. The van der Waals surface area contributed by atoms with Crippen molar-refractivity contribution in [3.63, 3.8) is 0 Å². The molecular formula is C15H20O4. The van der Waals surface area contributed by atoms with Gasteiger partial charge in [0.2, 0.25) is 0 Å². The lowest BCUT2D eigenvalue weighted by Gasteiger charge is -2.16. The van der Waals surface area contributed by atoms with Crippen LogP contribution in [0.5, 0.6) is 0 Å². The van der Waals surface area contributed by atoms with Crippen LogP contribution in [-0.4, -0.2) is 22.6 Å². The fourth-order valence-electron chi connectivity index (χ4n) is 2.03. The molecule has 0 aliphatic heterocycles. The first kappa shape index (κ1) is 15.3. The van der Waals surface area contributed by atoms with Crippen molar-refractivity contribution in [1.82, 2.24) is 0 Å². The zero-order valence-electron chi connectivity index (χ0n) is 11.7. The third kappa shape index (κ3) is 4.16. The van der Waals surface area contributed by atoms with Crippen molar-refractivity contribution >= 4 is 17.5 Å². The fourth-order valence-corrected chi connectivity index (χ4v) is 2.03. The van der Waals surface area contributed by atoms with Gasteiger partial charge in [-0.05, 0) is 45.1 Å². The van der Waals surface area contributed by atoms with Crippen LogP contribution in [0, 0.1) is 5.92 Å². The summed E-state index contributed by atoms with van der Waals surface area (Å²) in [4.78, 5) is 34.1. The minimum Gasteiger partial charge on any atom is -0.481 e. The molecule has 0 spiro atoms. The highest BCUT2D eigenvalue weighted by Crippen LogP contribution is 2.24. The molecule has 1 aliphatic rings. The van der Waals surface area contributed by atoms with Crippen LogP contribution in [0.15, 0.2) is 22.8 Å². The Bertz CT molecular complexity index is 469. The van der Waals surface area contributed by atoms with Crippen LogP contribution < -0.4 is 0 Å². The Hall–Kier alpha value is -1.71. The monoisotopic (exact) mass is 264 g/mol. The molecule has 0 amide bonds. The van der Waals surface area contributed by atoms with E-state index in [4.69, 9.17) is 5.11 Å². The lowest BCUT2D eigenvalue weighted by molar-refractivity contribution is -0.137. The van der Waals surface area contributed by atoms with Crippen molar-refractivity contribution in [3.05, 3.63) is 22.8 Å². The Morgan fingerprint density at radius 1 is 1.21 bits per heavy atom. The Morgan fingerprint density at radius 3 is 2.42 bits per heavy atom. The molecule has 4 heteroatoms. The highest BCUT2D eigenvalue weighted by Gasteiger charge is 2.22. The molecule has 19 heavy (non-hydrogen) atoms. The fraction of sp³-hybridized carbons (Fsp3) is 0.533. The van der Waals surface area contributed by atoms with Crippen LogP contribution in [0.3, 0.4) is 0 Å². The standard InChI is InChI=1S/C15H20O4/c1-9(5-7-14(17)18)4-6-12-8-13(16)10(2)11(3)15(12)19/h8-9H,4-7H2,1-3H3,(H,17,18)/t9-/m1/s1. The Kier molecular flexibility index (Phi) is 5.21. The molecule has 0 aromatic rings. The molecule has 0 bridgehead atoms. The van der Waals surface area contributed by atoms with E-state index in [1.54, 1.807) is 13.8 Å². The van der Waals surface area contributed by atoms with Crippen molar-refractivity contribution in [1.29, 1.82) is 0 Å². The van der Waals surface area contributed by atoms with Gasteiger partial charge in [-0.1, -0.05) is 6.92 Å². The summed E-state index contributed by atoms with van der Waals surface area (Å²) < 4.78 is 0. The molecule has 0 aromatic heterocycles. The molecule has 1 aliphatic carbocycles. The summed E-state index contributed by atoms with van der Waals surface area (Å²) >= 11 is 0. The van der Waals surface area contributed by atoms with E-state index in [0.717, 1.165) is 6.42 Å². The molecule has 0 radical (unpaired) electrons. The van der Waals surface area contributed by atoms with Crippen LogP contribution in [0.25, 0.3) is 0 Å². The first-order valence-corrected chi connectivity index (χ1v) is 6.51. The maximum atomic E-state index is 12.0. The van der Waals surface area contributed by atoms with Gasteiger partial charge in [-0.2, -0.15) is 0 Å². The van der Waals surface area contributed by atoms with Gasteiger partial charge in [0.15, 0.2) is 11.6 Å². The minimum absolute atomic E-state index is 0.0532. The largest absolute Gasteiger partial charge is 0.481 e. The molecule has 0 unspecified atom stereocenters. The summed E-state index contributed by atoms with van der Waals surface area (Å²) in [5.41, 5.74) is 1.60. The number of hydrogen-bond donors (Lipinski definition) is 1. The number of aliphatic carboxylic acids is 1. The highest BCUT2D eigenvalue weighted by molar-refractivity contribution is 6.22. The molecular weight excluding hydrogens is 244 g/mol. The second-order valence-corrected chi connectivity index (χ2v) is 5.19. The third-order valence-corrected chi connectivity index (χ3v) is 3.63. The van der Waals surface area contributed by atoms with Crippen molar-refractivity contribution in [2.75, 3.05) is 0 Å². The average molecular weight is 264 g/mol. The lowest BCUT2D eigenvalue weighted by Crippen LogP contribution is -2.17. The second kappa shape index (κ2) is 6.45.